The Balaban J connectivity index is 1.76. The van der Waals surface area contributed by atoms with Gasteiger partial charge in [-0.3, -0.25) is 0 Å². The number of piperidine rings is 1. The summed E-state index contributed by atoms with van der Waals surface area (Å²) in [6.07, 6.45) is 0.527. The van der Waals surface area contributed by atoms with Gasteiger partial charge in [0.15, 0.2) is 0 Å². The van der Waals surface area contributed by atoms with Crippen LogP contribution in [0.25, 0.3) is 11.3 Å². The van der Waals surface area contributed by atoms with Crippen molar-refractivity contribution >= 4 is 17.9 Å². The molecule has 1 aliphatic rings. The van der Waals surface area contributed by atoms with Crippen molar-refractivity contribution in [1.82, 2.24) is 15.3 Å². The first-order valence-corrected chi connectivity index (χ1v) is 10.6. The fourth-order valence-electron chi connectivity index (χ4n) is 3.88. The highest BCUT2D eigenvalue weighted by atomic mass is 19.1. The predicted molar refractivity (Wildman–Crippen MR) is 120 cm³/mol. The van der Waals surface area contributed by atoms with Crippen molar-refractivity contribution < 1.29 is 13.9 Å². The maximum absolute atomic E-state index is 14.1. The molecule has 0 aliphatic carbocycles. The molecule has 1 saturated heterocycles. The highest BCUT2D eigenvalue weighted by Crippen LogP contribution is 2.29. The smallest absolute Gasteiger partial charge is 0.407 e. The van der Waals surface area contributed by atoms with Crippen LogP contribution < -0.4 is 16.0 Å². The van der Waals surface area contributed by atoms with Gasteiger partial charge in [-0.05, 0) is 51.2 Å². The van der Waals surface area contributed by atoms with Crippen molar-refractivity contribution in [2.24, 2.45) is 11.8 Å². The van der Waals surface area contributed by atoms with Gasteiger partial charge in [-0.2, -0.15) is 10.2 Å². The van der Waals surface area contributed by atoms with Crippen LogP contribution in [-0.2, 0) is 4.74 Å². The Hall–Kier alpha value is -3.41. The summed E-state index contributed by atoms with van der Waals surface area (Å²) in [6, 6.07) is 7.92. The second kappa shape index (κ2) is 9.39. The summed E-state index contributed by atoms with van der Waals surface area (Å²) < 4.78 is 19.4. The van der Waals surface area contributed by atoms with Crippen LogP contribution in [0.5, 0.6) is 0 Å². The molecule has 1 aliphatic heterocycles. The summed E-state index contributed by atoms with van der Waals surface area (Å²) >= 11 is 0. The molecular formula is C23H29FN6O2. The summed E-state index contributed by atoms with van der Waals surface area (Å²) in [5.41, 5.74) is 6.39. The van der Waals surface area contributed by atoms with E-state index in [0.29, 0.717) is 36.1 Å². The molecule has 3 rings (SSSR count). The zero-order valence-corrected chi connectivity index (χ0v) is 18.9. The Morgan fingerprint density at radius 3 is 2.75 bits per heavy atom. The van der Waals surface area contributed by atoms with Crippen molar-refractivity contribution in [3.05, 3.63) is 35.6 Å². The number of carbonyl (C=O) groups is 1. The van der Waals surface area contributed by atoms with E-state index < -0.39 is 17.5 Å². The Morgan fingerprint density at radius 2 is 2.09 bits per heavy atom. The number of alkyl carbamates (subject to hydrolysis) is 1. The molecule has 2 atom stereocenters. The number of hydrogen-bond acceptors (Lipinski definition) is 7. The maximum Gasteiger partial charge on any atom is 0.407 e. The first kappa shape index (κ1) is 23.3. The number of benzene rings is 1. The minimum atomic E-state index is -0.608. The second-order valence-corrected chi connectivity index (χ2v) is 9.27. The summed E-state index contributed by atoms with van der Waals surface area (Å²) in [7, 11) is 0. The maximum atomic E-state index is 14.1. The SMILES string of the molecule is C[C@@H]1C[C@H](CNC(=O)OC(C)(C)C)CN(c2cc(-c3ccc(C#N)c(F)c3)nc(N)n2)C1. The Bertz CT molecular complexity index is 1030. The fourth-order valence-corrected chi connectivity index (χ4v) is 3.88. The monoisotopic (exact) mass is 440 g/mol. The van der Waals surface area contributed by atoms with Gasteiger partial charge in [-0.1, -0.05) is 13.0 Å². The standard InChI is InChI=1S/C23H29FN6O2/c1-14-7-15(11-27-22(31)32-23(2,3)4)13-30(12-14)20-9-19(28-21(26)29-20)16-5-6-17(10-25)18(24)8-16/h5-6,8-9,14-15H,7,11-13H2,1-4H3,(H,27,31)(H2,26,28,29)/t14-,15-/m1/s1. The molecule has 2 aromatic rings. The van der Waals surface area contributed by atoms with E-state index in [0.717, 1.165) is 13.0 Å². The lowest BCUT2D eigenvalue weighted by Crippen LogP contribution is -2.45. The molecule has 0 unspecified atom stereocenters. The zero-order chi connectivity index (χ0) is 23.5. The van der Waals surface area contributed by atoms with Crippen molar-refractivity contribution in [1.29, 1.82) is 5.26 Å². The highest BCUT2D eigenvalue weighted by Gasteiger charge is 2.27. The number of hydrogen-bond donors (Lipinski definition) is 2. The van der Waals surface area contributed by atoms with Crippen LogP contribution in [0.1, 0.15) is 39.7 Å². The molecule has 1 aromatic carbocycles. The van der Waals surface area contributed by atoms with Gasteiger partial charge in [0.25, 0.3) is 0 Å². The molecule has 0 spiro atoms. The second-order valence-electron chi connectivity index (χ2n) is 9.27. The number of rotatable bonds is 4. The molecule has 0 saturated carbocycles. The molecule has 0 radical (unpaired) electrons. The first-order valence-electron chi connectivity index (χ1n) is 10.6. The van der Waals surface area contributed by atoms with Crippen LogP contribution in [0.2, 0.25) is 0 Å². The van der Waals surface area contributed by atoms with Crippen LogP contribution in [-0.4, -0.2) is 41.3 Å². The zero-order valence-electron chi connectivity index (χ0n) is 18.9. The molecule has 170 valence electrons. The highest BCUT2D eigenvalue weighted by molar-refractivity contribution is 5.68. The number of nitrogens with zero attached hydrogens (tertiary/aromatic N) is 4. The van der Waals surface area contributed by atoms with Gasteiger partial charge in [0.1, 0.15) is 23.3 Å². The fraction of sp³-hybridized carbons (Fsp3) is 0.478. The van der Waals surface area contributed by atoms with Gasteiger partial charge >= 0.3 is 6.09 Å². The van der Waals surface area contributed by atoms with E-state index in [-0.39, 0.29) is 17.4 Å². The molecular weight excluding hydrogens is 411 g/mol. The minimum absolute atomic E-state index is 0.0267. The van der Waals surface area contributed by atoms with Gasteiger partial charge < -0.3 is 20.7 Å². The summed E-state index contributed by atoms with van der Waals surface area (Å²) in [6.45, 7) is 9.58. The lowest BCUT2D eigenvalue weighted by Gasteiger charge is -2.37. The molecule has 32 heavy (non-hydrogen) atoms. The van der Waals surface area contributed by atoms with Crippen molar-refractivity contribution in [2.45, 2.75) is 39.7 Å². The molecule has 1 amide bonds. The summed E-state index contributed by atoms with van der Waals surface area (Å²) in [4.78, 5) is 22.8. The van der Waals surface area contributed by atoms with Crippen LogP contribution in [0.15, 0.2) is 24.3 Å². The van der Waals surface area contributed by atoms with Crippen LogP contribution >= 0.6 is 0 Å². The van der Waals surface area contributed by atoms with Gasteiger partial charge in [0.2, 0.25) is 5.95 Å². The quantitative estimate of drug-likeness (QED) is 0.744. The molecule has 3 N–H and O–H groups in total. The van der Waals surface area contributed by atoms with Gasteiger partial charge in [0.05, 0.1) is 11.3 Å². The van der Waals surface area contributed by atoms with E-state index >= 15 is 0 Å². The van der Waals surface area contributed by atoms with Crippen molar-refractivity contribution in [3.63, 3.8) is 0 Å². The molecule has 2 heterocycles. The number of nitrogens with one attached hydrogen (secondary N) is 1. The predicted octanol–water partition coefficient (Wildman–Crippen LogP) is 3.72. The third-order valence-corrected chi connectivity index (χ3v) is 5.12. The number of amides is 1. The molecule has 1 aromatic heterocycles. The number of nitrogens with two attached hydrogens (primary N) is 1. The lowest BCUT2D eigenvalue weighted by molar-refractivity contribution is 0.0516. The van der Waals surface area contributed by atoms with Gasteiger partial charge in [-0.25, -0.2) is 14.2 Å². The summed E-state index contributed by atoms with van der Waals surface area (Å²) in [5.74, 6) is 0.707. The van der Waals surface area contributed by atoms with Crippen LogP contribution in [0.4, 0.5) is 21.0 Å². The topological polar surface area (TPSA) is 117 Å². The molecule has 1 fully saturated rings. The molecule has 8 nitrogen and oxygen atoms in total. The molecule has 9 heteroatoms. The first-order chi connectivity index (χ1) is 15.0. The van der Waals surface area contributed by atoms with E-state index in [4.69, 9.17) is 15.7 Å². The van der Waals surface area contributed by atoms with E-state index in [2.05, 4.69) is 27.1 Å². The number of ether oxygens (including phenoxy) is 1. The van der Waals surface area contributed by atoms with Crippen molar-refractivity contribution in [3.8, 4) is 17.3 Å². The van der Waals surface area contributed by atoms with Gasteiger partial charge in [-0.15, -0.1) is 0 Å². The third kappa shape index (κ3) is 6.06. The number of halogens is 1. The van der Waals surface area contributed by atoms with E-state index in [1.54, 1.807) is 12.1 Å². The average Bonchev–Trinajstić information content (AvgIpc) is 2.70. The van der Waals surface area contributed by atoms with Crippen LogP contribution in [0, 0.1) is 29.0 Å². The number of carbonyl (C=O) groups excluding carboxylic acids is 1. The average molecular weight is 441 g/mol. The minimum Gasteiger partial charge on any atom is -0.444 e. The lowest BCUT2D eigenvalue weighted by atomic mass is 9.90. The molecule has 0 bridgehead atoms. The number of nitriles is 1. The van der Waals surface area contributed by atoms with Gasteiger partial charge in [0, 0.05) is 31.3 Å². The van der Waals surface area contributed by atoms with E-state index in [1.807, 2.05) is 26.8 Å². The Labute approximate surface area is 187 Å². The Kier molecular flexibility index (Phi) is 6.82. The number of nitrogen functional groups attached to an aromatic ring is 1. The van der Waals surface area contributed by atoms with Crippen molar-refractivity contribution in [2.75, 3.05) is 30.3 Å². The summed E-state index contributed by atoms with van der Waals surface area (Å²) in [5, 5.41) is 11.8. The van der Waals surface area contributed by atoms with Crippen LogP contribution in [0.3, 0.4) is 0 Å². The Morgan fingerprint density at radius 1 is 1.34 bits per heavy atom. The largest absolute Gasteiger partial charge is 0.444 e. The number of anilines is 2. The third-order valence-electron chi connectivity index (χ3n) is 5.12. The normalized spacial score (nSPS) is 18.7. The van der Waals surface area contributed by atoms with E-state index in [9.17, 15) is 9.18 Å². The van der Waals surface area contributed by atoms with E-state index in [1.165, 1.54) is 12.1 Å². The number of aromatic nitrogens is 2.